The molecule has 4 N–H and O–H groups in total. The summed E-state index contributed by atoms with van der Waals surface area (Å²) in [5.41, 5.74) is 5.70. The van der Waals surface area contributed by atoms with E-state index in [1.807, 2.05) is 0 Å². The lowest BCUT2D eigenvalue weighted by Gasteiger charge is -2.09. The summed E-state index contributed by atoms with van der Waals surface area (Å²) in [6.45, 7) is 0. The van der Waals surface area contributed by atoms with Crippen molar-refractivity contribution in [2.75, 3.05) is 10.5 Å². The third kappa shape index (κ3) is 2.73. The summed E-state index contributed by atoms with van der Waals surface area (Å²) in [5.74, 6) is 0.342. The molecule has 1 aromatic rings. The first kappa shape index (κ1) is 12.7. The molecule has 1 saturated carbocycles. The summed E-state index contributed by atoms with van der Waals surface area (Å²) in [5, 5.41) is 15.3. The van der Waals surface area contributed by atoms with E-state index in [-0.39, 0.29) is 28.9 Å². The Kier molecular flexibility index (Phi) is 3.16. The molecule has 0 saturated heterocycles. The van der Waals surface area contributed by atoms with Crippen molar-refractivity contribution in [2.24, 2.45) is 23.9 Å². The molecule has 8 nitrogen and oxygen atoms in total. The van der Waals surface area contributed by atoms with Crippen LogP contribution in [-0.2, 0) is 17.1 Å². The van der Waals surface area contributed by atoms with Gasteiger partial charge in [0.2, 0.25) is 10.0 Å². The molecular weight excluding hydrogens is 258 g/mol. The van der Waals surface area contributed by atoms with Gasteiger partial charge in [-0.1, -0.05) is 5.16 Å². The van der Waals surface area contributed by atoms with Gasteiger partial charge >= 0.3 is 0 Å². The van der Waals surface area contributed by atoms with Crippen LogP contribution in [-0.4, -0.2) is 35.0 Å². The molecule has 1 heterocycles. The molecule has 0 amide bonds. The number of oxime groups is 1. The van der Waals surface area contributed by atoms with E-state index >= 15 is 0 Å². The molecule has 0 aromatic carbocycles. The van der Waals surface area contributed by atoms with Gasteiger partial charge in [0.05, 0.1) is 17.5 Å². The van der Waals surface area contributed by atoms with Gasteiger partial charge in [0.25, 0.3) is 0 Å². The molecule has 1 fully saturated rings. The van der Waals surface area contributed by atoms with Gasteiger partial charge in [-0.2, -0.15) is 5.10 Å². The summed E-state index contributed by atoms with van der Waals surface area (Å²) in [4.78, 5) is 0. The zero-order valence-corrected chi connectivity index (χ0v) is 10.7. The Balaban J connectivity index is 2.25. The molecule has 0 aliphatic heterocycles. The Hall–Kier alpha value is -1.77. The van der Waals surface area contributed by atoms with Crippen LogP contribution < -0.4 is 10.5 Å². The highest BCUT2D eigenvalue weighted by molar-refractivity contribution is 7.92. The van der Waals surface area contributed by atoms with Gasteiger partial charge in [0, 0.05) is 7.05 Å². The maximum Gasteiger partial charge on any atom is 0.234 e. The van der Waals surface area contributed by atoms with Crippen LogP contribution in [0.25, 0.3) is 0 Å². The van der Waals surface area contributed by atoms with Crippen molar-refractivity contribution in [2.45, 2.75) is 12.8 Å². The van der Waals surface area contributed by atoms with E-state index < -0.39 is 10.0 Å². The van der Waals surface area contributed by atoms with Crippen LogP contribution in [0.2, 0.25) is 0 Å². The topological polar surface area (TPSA) is 123 Å². The number of amidine groups is 1. The Bertz CT molecular complexity index is 573. The summed E-state index contributed by atoms with van der Waals surface area (Å²) in [7, 11) is -1.86. The minimum Gasteiger partial charge on any atom is -0.409 e. The first-order valence-corrected chi connectivity index (χ1v) is 7.08. The number of nitrogens with two attached hydrogens (primary N) is 1. The maximum atomic E-state index is 11.9. The predicted molar refractivity (Wildman–Crippen MR) is 65.9 cm³/mol. The average molecular weight is 273 g/mol. The number of rotatable bonds is 5. The Labute approximate surface area is 105 Å². The molecule has 1 aromatic heterocycles. The molecule has 18 heavy (non-hydrogen) atoms. The first-order chi connectivity index (χ1) is 8.43. The minimum absolute atomic E-state index is 0.0911. The van der Waals surface area contributed by atoms with Crippen LogP contribution in [0.1, 0.15) is 18.4 Å². The normalized spacial score (nSPS) is 16.8. The number of sulfonamides is 1. The smallest absolute Gasteiger partial charge is 0.234 e. The van der Waals surface area contributed by atoms with E-state index in [1.165, 1.54) is 10.9 Å². The number of nitrogens with one attached hydrogen (secondary N) is 1. The first-order valence-electron chi connectivity index (χ1n) is 5.43. The zero-order chi connectivity index (χ0) is 13.3. The van der Waals surface area contributed by atoms with Crippen LogP contribution >= 0.6 is 0 Å². The highest BCUT2D eigenvalue weighted by Crippen LogP contribution is 2.30. The van der Waals surface area contributed by atoms with Gasteiger partial charge in [-0.25, -0.2) is 8.42 Å². The number of aromatic nitrogens is 2. The number of anilines is 1. The number of hydrogen-bond donors (Lipinski definition) is 3. The molecule has 0 radical (unpaired) electrons. The molecule has 9 heteroatoms. The van der Waals surface area contributed by atoms with Crippen molar-refractivity contribution >= 4 is 21.7 Å². The second-order valence-corrected chi connectivity index (χ2v) is 6.11. The van der Waals surface area contributed by atoms with Gasteiger partial charge in [-0.05, 0) is 18.8 Å². The van der Waals surface area contributed by atoms with E-state index in [2.05, 4.69) is 15.0 Å². The van der Waals surface area contributed by atoms with E-state index in [4.69, 9.17) is 10.9 Å². The molecular formula is C9H15N5O3S. The largest absolute Gasteiger partial charge is 0.409 e. The summed E-state index contributed by atoms with van der Waals surface area (Å²) < 4.78 is 27.5. The van der Waals surface area contributed by atoms with Crippen LogP contribution in [0, 0.1) is 5.92 Å². The summed E-state index contributed by atoms with van der Waals surface area (Å²) in [6.07, 6.45) is 3.23. The molecule has 0 bridgehead atoms. The Morgan fingerprint density at radius 1 is 1.72 bits per heavy atom. The van der Waals surface area contributed by atoms with Gasteiger partial charge in [-0.3, -0.25) is 9.40 Å². The third-order valence-electron chi connectivity index (χ3n) is 2.73. The van der Waals surface area contributed by atoms with Crippen LogP contribution in [0.15, 0.2) is 11.4 Å². The van der Waals surface area contributed by atoms with Gasteiger partial charge in [0.1, 0.15) is 5.82 Å². The number of aryl methyl sites for hydroxylation is 1. The van der Waals surface area contributed by atoms with E-state index in [0.717, 1.165) is 12.8 Å². The van der Waals surface area contributed by atoms with Crippen molar-refractivity contribution in [1.82, 2.24) is 9.78 Å². The van der Waals surface area contributed by atoms with Crippen molar-refractivity contribution in [1.29, 1.82) is 0 Å². The van der Waals surface area contributed by atoms with E-state index in [1.54, 1.807) is 7.05 Å². The standard InChI is InChI=1S/C9H15N5O3S/c1-14-9(7(4-11-14)8(10)12-15)13-18(16,17)5-6-2-3-6/h4,6,13,15H,2-3,5H2,1H3,(H2,10,12). The second kappa shape index (κ2) is 4.48. The maximum absolute atomic E-state index is 11.9. The van der Waals surface area contributed by atoms with Crippen molar-refractivity contribution in [3.8, 4) is 0 Å². The molecule has 1 aliphatic carbocycles. The monoisotopic (exact) mass is 273 g/mol. The fraction of sp³-hybridized carbons (Fsp3) is 0.556. The lowest BCUT2D eigenvalue weighted by Crippen LogP contribution is -2.22. The fourth-order valence-corrected chi connectivity index (χ4v) is 3.16. The Morgan fingerprint density at radius 3 is 2.94 bits per heavy atom. The molecule has 0 unspecified atom stereocenters. The molecule has 100 valence electrons. The second-order valence-electron chi connectivity index (χ2n) is 4.34. The minimum atomic E-state index is -3.43. The number of nitrogens with zero attached hydrogens (tertiary/aromatic N) is 3. The third-order valence-corrected chi connectivity index (χ3v) is 4.14. The molecule has 2 rings (SSSR count). The molecule has 0 spiro atoms. The van der Waals surface area contributed by atoms with Crippen LogP contribution in [0.3, 0.4) is 0 Å². The van der Waals surface area contributed by atoms with Gasteiger partial charge < -0.3 is 10.9 Å². The molecule has 1 aliphatic rings. The average Bonchev–Trinajstić information content (AvgIpc) is 3.03. The summed E-state index contributed by atoms with van der Waals surface area (Å²) in [6, 6.07) is 0. The predicted octanol–water partition coefficient (Wildman–Crippen LogP) is -0.334. The summed E-state index contributed by atoms with van der Waals surface area (Å²) >= 11 is 0. The van der Waals surface area contributed by atoms with Gasteiger partial charge in [0.15, 0.2) is 5.84 Å². The number of hydrogen-bond acceptors (Lipinski definition) is 5. The molecule has 0 atom stereocenters. The van der Waals surface area contributed by atoms with Crippen molar-refractivity contribution in [3.63, 3.8) is 0 Å². The highest BCUT2D eigenvalue weighted by atomic mass is 32.2. The quantitative estimate of drug-likeness (QED) is 0.293. The highest BCUT2D eigenvalue weighted by Gasteiger charge is 2.29. The van der Waals surface area contributed by atoms with E-state index in [0.29, 0.717) is 0 Å². The zero-order valence-electron chi connectivity index (χ0n) is 9.87. The van der Waals surface area contributed by atoms with Crippen molar-refractivity contribution in [3.05, 3.63) is 11.8 Å². The van der Waals surface area contributed by atoms with Crippen LogP contribution in [0.5, 0.6) is 0 Å². The van der Waals surface area contributed by atoms with Gasteiger partial charge in [-0.15, -0.1) is 0 Å². The Morgan fingerprint density at radius 2 is 2.39 bits per heavy atom. The van der Waals surface area contributed by atoms with Crippen LogP contribution in [0.4, 0.5) is 5.82 Å². The fourth-order valence-electron chi connectivity index (χ4n) is 1.58. The lowest BCUT2D eigenvalue weighted by molar-refractivity contribution is 0.318. The van der Waals surface area contributed by atoms with Crippen molar-refractivity contribution < 1.29 is 13.6 Å². The SMILES string of the molecule is Cn1ncc(C(N)=NO)c1NS(=O)(=O)CC1CC1. The van der Waals surface area contributed by atoms with E-state index in [9.17, 15) is 8.42 Å². The lowest BCUT2D eigenvalue weighted by atomic mass is 10.3.